The maximum atomic E-state index is 4.90. The number of piperazine rings is 1. The highest BCUT2D eigenvalue weighted by Crippen LogP contribution is 2.32. The van der Waals surface area contributed by atoms with Crippen LogP contribution < -0.4 is 4.90 Å². The zero-order valence-electron chi connectivity index (χ0n) is 15.6. The Bertz CT molecular complexity index is 866. The van der Waals surface area contributed by atoms with Crippen molar-refractivity contribution in [3.8, 4) is 0 Å². The molecule has 0 N–H and O–H groups in total. The van der Waals surface area contributed by atoms with Crippen molar-refractivity contribution >= 4 is 27.4 Å². The largest absolute Gasteiger partial charge is 0.353 e. The van der Waals surface area contributed by atoms with Crippen LogP contribution in [0.2, 0.25) is 0 Å². The number of thiophene rings is 1. The minimum absolute atomic E-state index is 0.885. The fourth-order valence-electron chi connectivity index (χ4n) is 3.53. The van der Waals surface area contributed by atoms with Gasteiger partial charge < -0.3 is 4.90 Å². The second-order valence-electron chi connectivity index (χ2n) is 6.85. The second-order valence-corrected chi connectivity index (χ2v) is 7.97. The first-order chi connectivity index (χ1) is 12.8. The summed E-state index contributed by atoms with van der Waals surface area (Å²) < 4.78 is 0. The smallest absolute Gasteiger partial charge is 0.141 e. The lowest BCUT2D eigenvalue weighted by Gasteiger charge is -2.35. The van der Waals surface area contributed by atoms with Crippen LogP contribution in [-0.2, 0) is 19.4 Å². The predicted molar refractivity (Wildman–Crippen MR) is 110 cm³/mol. The van der Waals surface area contributed by atoms with Gasteiger partial charge in [-0.05, 0) is 18.1 Å². The molecule has 0 amide bonds. The molecule has 0 unspecified atom stereocenters. The summed E-state index contributed by atoms with van der Waals surface area (Å²) in [5.74, 6) is 2.10. The Morgan fingerprint density at radius 2 is 1.73 bits per heavy atom. The average molecular weight is 367 g/mol. The monoisotopic (exact) mass is 366 g/mol. The fraction of sp³-hybridized carbons (Fsp3) is 0.429. The van der Waals surface area contributed by atoms with Crippen molar-refractivity contribution in [2.24, 2.45) is 0 Å². The van der Waals surface area contributed by atoms with Crippen LogP contribution in [0.3, 0.4) is 0 Å². The lowest BCUT2D eigenvalue weighted by molar-refractivity contribution is 0.249. The molecular formula is C21H26N4S. The highest BCUT2D eigenvalue weighted by atomic mass is 32.1. The topological polar surface area (TPSA) is 32.3 Å². The molecule has 0 bridgehead atoms. The molecule has 5 heteroatoms. The molecule has 1 saturated heterocycles. The van der Waals surface area contributed by atoms with E-state index in [9.17, 15) is 0 Å². The molecule has 1 aliphatic rings. The molecule has 0 spiro atoms. The van der Waals surface area contributed by atoms with E-state index in [1.807, 2.05) is 11.3 Å². The maximum Gasteiger partial charge on any atom is 0.141 e. The van der Waals surface area contributed by atoms with Crippen molar-refractivity contribution in [1.29, 1.82) is 0 Å². The van der Waals surface area contributed by atoms with Gasteiger partial charge in [0.15, 0.2) is 0 Å². The molecule has 0 aliphatic carbocycles. The summed E-state index contributed by atoms with van der Waals surface area (Å²) in [5, 5.41) is 1.24. The third kappa shape index (κ3) is 3.60. The summed E-state index contributed by atoms with van der Waals surface area (Å²) in [7, 11) is 0. The molecule has 4 nitrogen and oxygen atoms in total. The first-order valence-corrected chi connectivity index (χ1v) is 10.4. The van der Waals surface area contributed by atoms with Crippen molar-refractivity contribution in [1.82, 2.24) is 14.9 Å². The third-order valence-electron chi connectivity index (χ3n) is 5.06. The Labute approximate surface area is 159 Å². The summed E-state index contributed by atoms with van der Waals surface area (Å²) in [4.78, 5) is 17.2. The number of aryl methyl sites for hydroxylation is 2. The van der Waals surface area contributed by atoms with Gasteiger partial charge in [0, 0.05) is 44.0 Å². The van der Waals surface area contributed by atoms with E-state index in [1.165, 1.54) is 15.8 Å². The van der Waals surface area contributed by atoms with Crippen LogP contribution in [0.15, 0.2) is 36.4 Å². The van der Waals surface area contributed by atoms with Gasteiger partial charge in [-0.3, -0.25) is 4.90 Å². The van der Waals surface area contributed by atoms with Crippen LogP contribution in [0.1, 0.15) is 30.1 Å². The van der Waals surface area contributed by atoms with Gasteiger partial charge in [0.25, 0.3) is 0 Å². The molecule has 136 valence electrons. The molecule has 0 saturated carbocycles. The Morgan fingerprint density at radius 3 is 2.42 bits per heavy atom. The predicted octanol–water partition coefficient (Wildman–Crippen LogP) is 4.14. The van der Waals surface area contributed by atoms with Gasteiger partial charge in [-0.25, -0.2) is 9.97 Å². The number of hydrogen-bond acceptors (Lipinski definition) is 5. The average Bonchev–Trinajstić information content (AvgIpc) is 3.12. The van der Waals surface area contributed by atoms with Crippen molar-refractivity contribution in [3.63, 3.8) is 0 Å². The van der Waals surface area contributed by atoms with E-state index in [2.05, 4.69) is 60.0 Å². The van der Waals surface area contributed by atoms with Crippen molar-refractivity contribution in [2.45, 2.75) is 33.2 Å². The van der Waals surface area contributed by atoms with E-state index in [4.69, 9.17) is 9.97 Å². The van der Waals surface area contributed by atoms with Crippen molar-refractivity contribution < 1.29 is 0 Å². The molecule has 1 aliphatic heterocycles. The zero-order chi connectivity index (χ0) is 17.9. The normalized spacial score (nSPS) is 15.7. The Balaban J connectivity index is 1.52. The van der Waals surface area contributed by atoms with Crippen LogP contribution in [0.4, 0.5) is 5.82 Å². The quantitative estimate of drug-likeness (QED) is 0.679. The SMILES string of the molecule is CCc1nc(N2CCN(Cc3ccccc3)CC2)c2cc(CC)sc2n1. The molecule has 2 aromatic heterocycles. The van der Waals surface area contributed by atoms with Gasteiger partial charge in [0.05, 0.1) is 5.39 Å². The third-order valence-corrected chi connectivity index (χ3v) is 6.23. The first kappa shape index (κ1) is 17.4. The summed E-state index contributed by atoms with van der Waals surface area (Å²) in [5.41, 5.74) is 1.39. The molecule has 3 aromatic rings. The summed E-state index contributed by atoms with van der Waals surface area (Å²) in [6.45, 7) is 9.59. The van der Waals surface area contributed by atoms with Gasteiger partial charge in [-0.15, -0.1) is 11.3 Å². The highest BCUT2D eigenvalue weighted by molar-refractivity contribution is 7.18. The molecule has 26 heavy (non-hydrogen) atoms. The number of hydrogen-bond donors (Lipinski definition) is 0. The van der Waals surface area contributed by atoms with E-state index in [-0.39, 0.29) is 0 Å². The Kier molecular flexibility index (Phi) is 5.18. The van der Waals surface area contributed by atoms with Crippen molar-refractivity contribution in [3.05, 3.63) is 52.7 Å². The van der Waals surface area contributed by atoms with E-state index in [0.29, 0.717) is 0 Å². The minimum atomic E-state index is 0.885. The number of aromatic nitrogens is 2. The van der Waals surface area contributed by atoms with E-state index in [0.717, 1.165) is 62.0 Å². The summed E-state index contributed by atoms with van der Waals surface area (Å²) in [6, 6.07) is 13.1. The number of rotatable bonds is 5. The molecular weight excluding hydrogens is 340 g/mol. The second kappa shape index (κ2) is 7.72. The molecule has 3 heterocycles. The van der Waals surface area contributed by atoms with Crippen LogP contribution in [0, 0.1) is 0 Å². The number of nitrogens with zero attached hydrogens (tertiary/aromatic N) is 4. The Hall–Kier alpha value is -1.98. The summed E-state index contributed by atoms with van der Waals surface area (Å²) >= 11 is 1.82. The standard InChI is InChI=1S/C21H26N4S/c1-3-17-14-18-20(22-19(4-2)23-21(18)26-17)25-12-10-24(11-13-25)15-16-8-6-5-7-9-16/h5-9,14H,3-4,10-13,15H2,1-2H3. The van der Waals surface area contributed by atoms with Gasteiger partial charge in [0.1, 0.15) is 16.5 Å². The van der Waals surface area contributed by atoms with E-state index < -0.39 is 0 Å². The van der Waals surface area contributed by atoms with E-state index in [1.54, 1.807) is 0 Å². The van der Waals surface area contributed by atoms with Crippen LogP contribution >= 0.6 is 11.3 Å². The van der Waals surface area contributed by atoms with Gasteiger partial charge in [0.2, 0.25) is 0 Å². The maximum absolute atomic E-state index is 4.90. The lowest BCUT2D eigenvalue weighted by Crippen LogP contribution is -2.46. The first-order valence-electron chi connectivity index (χ1n) is 9.57. The summed E-state index contributed by atoms with van der Waals surface area (Å²) in [6.07, 6.45) is 1.95. The Morgan fingerprint density at radius 1 is 0.962 bits per heavy atom. The van der Waals surface area contributed by atoms with Crippen LogP contribution in [-0.4, -0.2) is 41.0 Å². The zero-order valence-corrected chi connectivity index (χ0v) is 16.4. The molecule has 4 rings (SSSR count). The molecule has 0 radical (unpaired) electrons. The van der Waals surface area contributed by atoms with Crippen LogP contribution in [0.5, 0.6) is 0 Å². The molecule has 0 atom stereocenters. The minimum Gasteiger partial charge on any atom is -0.353 e. The number of anilines is 1. The number of fused-ring (bicyclic) bond motifs is 1. The molecule has 1 aromatic carbocycles. The van der Waals surface area contributed by atoms with E-state index >= 15 is 0 Å². The van der Waals surface area contributed by atoms with Crippen molar-refractivity contribution in [2.75, 3.05) is 31.1 Å². The highest BCUT2D eigenvalue weighted by Gasteiger charge is 2.21. The molecule has 1 fully saturated rings. The lowest BCUT2D eigenvalue weighted by atomic mass is 10.2. The van der Waals surface area contributed by atoms with Gasteiger partial charge in [-0.1, -0.05) is 44.2 Å². The van der Waals surface area contributed by atoms with Gasteiger partial charge in [-0.2, -0.15) is 0 Å². The van der Waals surface area contributed by atoms with Gasteiger partial charge >= 0.3 is 0 Å². The number of benzene rings is 1. The fourth-order valence-corrected chi connectivity index (χ4v) is 4.51. The van der Waals surface area contributed by atoms with Crippen LogP contribution in [0.25, 0.3) is 10.2 Å².